The minimum atomic E-state index is -1.60. The molecule has 2 atom stereocenters. The number of carbonyl (C=O) groups is 4. The number of carboxylic acids is 4. The van der Waals surface area contributed by atoms with Crippen molar-refractivity contribution in [3.8, 4) is 0 Å². The molecule has 0 aliphatic carbocycles. The van der Waals surface area contributed by atoms with E-state index in [9.17, 15) is 58.8 Å². The van der Waals surface area contributed by atoms with E-state index in [-0.39, 0.29) is 131 Å². The first-order valence-electron chi connectivity index (χ1n) is 8.28. The molecule has 0 aliphatic heterocycles. The number of hydrogen-bond acceptors (Lipinski definition) is 14. The normalized spacial score (nSPS) is 9.33. The summed E-state index contributed by atoms with van der Waals surface area (Å²) in [5, 5.41) is 45.4. The Balaban J connectivity index is -0.000000112. The van der Waals surface area contributed by atoms with E-state index in [2.05, 4.69) is 10.6 Å². The maximum absolute atomic E-state index is 10.5. The molecule has 0 radical (unpaired) electrons. The zero-order valence-corrected chi connectivity index (χ0v) is 28.0. The van der Waals surface area contributed by atoms with Crippen molar-refractivity contribution in [1.82, 2.24) is 10.6 Å². The van der Waals surface area contributed by atoms with Crippen LogP contribution in [-0.4, -0.2) is 59.7 Å². The molecule has 0 aromatic rings. The van der Waals surface area contributed by atoms with Gasteiger partial charge < -0.3 is 50.2 Å². The molecule has 36 heavy (non-hydrogen) atoms. The van der Waals surface area contributed by atoms with Gasteiger partial charge >= 0.3 is 118 Å². The summed E-state index contributed by atoms with van der Waals surface area (Å²) >= 11 is 0. The van der Waals surface area contributed by atoms with Crippen molar-refractivity contribution >= 4 is 47.6 Å². The summed E-state index contributed by atoms with van der Waals surface area (Å²) < 4.78 is 0. The molecule has 0 saturated heterocycles. The summed E-state index contributed by atoms with van der Waals surface area (Å²) in [7, 11) is 0. The molecular weight excluding hydrogens is 528 g/mol. The Kier molecular flexibility index (Phi) is 41.0. The number of hydrogen-bond donors (Lipinski definition) is 2. The summed E-state index contributed by atoms with van der Waals surface area (Å²) in [6.45, 7) is 0. The predicted molar refractivity (Wildman–Crippen MR) is 91.3 cm³/mol. The minimum Gasteiger partial charge on any atom is -0.550 e. The van der Waals surface area contributed by atoms with Crippen molar-refractivity contribution in [3.05, 3.63) is 23.5 Å². The van der Waals surface area contributed by atoms with Gasteiger partial charge in [0.05, 0.1) is 36.2 Å². The molecular formula is C18H14N2Na4O12. The zero-order valence-electron chi connectivity index (χ0n) is 20.0. The molecule has 172 valence electrons. The second kappa shape index (κ2) is 30.5. The molecule has 2 N–H and O–H groups in total. The number of nitrogens with one attached hydrogen (secondary N) is 2. The van der Waals surface area contributed by atoms with E-state index < -0.39 is 60.2 Å². The molecule has 0 heterocycles. The summed E-state index contributed by atoms with van der Waals surface area (Å²) in [6, 6.07) is -2.84. The fourth-order valence-corrected chi connectivity index (χ4v) is 1.72. The largest absolute Gasteiger partial charge is 1.00 e. The molecule has 0 rings (SSSR count). The van der Waals surface area contributed by atoms with Crippen LogP contribution >= 0.6 is 0 Å². The fourth-order valence-electron chi connectivity index (χ4n) is 1.72. The van der Waals surface area contributed by atoms with E-state index in [1.54, 1.807) is 0 Å². The molecule has 0 unspecified atom stereocenters. The van der Waals surface area contributed by atoms with Crippen molar-refractivity contribution in [1.29, 1.82) is 0 Å². The van der Waals surface area contributed by atoms with Crippen LogP contribution in [0.2, 0.25) is 0 Å². The molecule has 0 aliphatic rings. The first-order valence-corrected chi connectivity index (χ1v) is 8.28. The third kappa shape index (κ3) is 27.9. The topological polar surface area (TPSA) is 253 Å². The van der Waals surface area contributed by atoms with Crippen LogP contribution in [0.25, 0.3) is 0 Å². The van der Waals surface area contributed by atoms with Crippen molar-refractivity contribution in [3.63, 3.8) is 0 Å². The van der Waals surface area contributed by atoms with Crippen molar-refractivity contribution in [2.24, 2.45) is 0 Å². The third-order valence-electron chi connectivity index (χ3n) is 3.13. The van der Waals surface area contributed by atoms with E-state index in [1.807, 2.05) is 0 Å². The predicted octanol–water partition coefficient (Wildman–Crippen LogP) is -19.3. The van der Waals surface area contributed by atoms with Gasteiger partial charge in [0, 0.05) is 11.9 Å². The maximum atomic E-state index is 10.5. The van der Waals surface area contributed by atoms with E-state index in [0.29, 0.717) is 12.2 Å². The molecule has 0 spiro atoms. The number of carbonyl (C=O) groups excluding carboxylic acids is 8. The standard InChI is InChI=1S/2C9H9NO6.4Na/c2*11-4-3-6(5-12)10-7(9(15)16)1-2-8(13)14;;;;/h2*3,7,10H,1-2H2,(H,13,14)(H,15,16);;;;/q;;4*+1/p-4/t2*7-;;;;/m00..../s1. The van der Waals surface area contributed by atoms with Gasteiger partial charge in [-0.25, -0.2) is 19.2 Å². The maximum Gasteiger partial charge on any atom is 1.00 e. The Bertz CT molecular complexity index is 843. The molecule has 0 aromatic carbocycles. The van der Waals surface area contributed by atoms with E-state index in [4.69, 9.17) is 0 Å². The van der Waals surface area contributed by atoms with Crippen LogP contribution in [0.4, 0.5) is 0 Å². The van der Waals surface area contributed by atoms with E-state index in [1.165, 1.54) is 23.8 Å². The van der Waals surface area contributed by atoms with E-state index >= 15 is 0 Å². The first-order chi connectivity index (χ1) is 15.0. The average molecular weight is 542 g/mol. The quantitative estimate of drug-likeness (QED) is 0.117. The van der Waals surface area contributed by atoms with Crippen LogP contribution in [0.5, 0.6) is 0 Å². The van der Waals surface area contributed by atoms with Gasteiger partial charge in [-0.15, -0.1) is 0 Å². The summed E-state index contributed by atoms with van der Waals surface area (Å²) in [4.78, 5) is 81.5. The van der Waals surface area contributed by atoms with Gasteiger partial charge in [0.15, 0.2) is 11.9 Å². The van der Waals surface area contributed by atoms with Crippen LogP contribution in [0, 0.1) is 0 Å². The van der Waals surface area contributed by atoms with Gasteiger partial charge in [-0.3, -0.25) is 0 Å². The second-order valence-electron chi connectivity index (χ2n) is 5.41. The third-order valence-corrected chi connectivity index (χ3v) is 3.13. The summed E-state index contributed by atoms with van der Waals surface area (Å²) in [5.41, 5.74) is -0.884. The second-order valence-corrected chi connectivity index (χ2v) is 5.41. The number of carboxylic acid groups (broad SMARTS) is 4. The Morgan fingerprint density at radius 2 is 0.889 bits per heavy atom. The summed E-state index contributed by atoms with van der Waals surface area (Å²) in [5.74, 6) is -1.06. The van der Waals surface area contributed by atoms with Crippen LogP contribution in [0.15, 0.2) is 23.5 Å². The van der Waals surface area contributed by atoms with Gasteiger partial charge in [0.25, 0.3) is 0 Å². The fraction of sp³-hybridized carbons (Fsp3) is 0.333. The average Bonchev–Trinajstić information content (AvgIpc) is 2.72. The van der Waals surface area contributed by atoms with Crippen LogP contribution in [0.1, 0.15) is 25.7 Å². The van der Waals surface area contributed by atoms with Crippen LogP contribution < -0.4 is 149 Å². The smallest absolute Gasteiger partial charge is 0.550 e. The molecule has 0 amide bonds. The first kappa shape index (κ1) is 48.4. The van der Waals surface area contributed by atoms with Crippen LogP contribution in [0.3, 0.4) is 0 Å². The Hall–Kier alpha value is -0.720. The number of allylic oxidation sites excluding steroid dienone is 2. The Morgan fingerprint density at radius 3 is 1.06 bits per heavy atom. The van der Waals surface area contributed by atoms with Crippen molar-refractivity contribution in [2.45, 2.75) is 37.8 Å². The van der Waals surface area contributed by atoms with Gasteiger partial charge in [0.1, 0.15) is 23.3 Å². The van der Waals surface area contributed by atoms with Gasteiger partial charge in [0.2, 0.25) is 0 Å². The molecule has 14 nitrogen and oxygen atoms in total. The molecule has 0 aromatic heterocycles. The monoisotopic (exact) mass is 542 g/mol. The zero-order chi connectivity index (χ0) is 25.1. The Morgan fingerprint density at radius 1 is 0.611 bits per heavy atom. The van der Waals surface area contributed by atoms with Crippen molar-refractivity contribution < 1.29 is 177 Å². The van der Waals surface area contributed by atoms with Gasteiger partial charge in [-0.05, 0) is 25.7 Å². The molecule has 0 saturated carbocycles. The number of aliphatic carboxylic acids is 4. The van der Waals surface area contributed by atoms with Crippen molar-refractivity contribution in [2.75, 3.05) is 0 Å². The minimum absolute atomic E-state index is 0. The van der Waals surface area contributed by atoms with Gasteiger partial charge in [-0.1, -0.05) is 0 Å². The molecule has 0 fully saturated rings. The molecule has 18 heteroatoms. The number of rotatable bonds is 14. The molecule has 0 bridgehead atoms. The van der Waals surface area contributed by atoms with Crippen LogP contribution in [-0.2, 0) is 38.4 Å². The summed E-state index contributed by atoms with van der Waals surface area (Å²) in [6.07, 6.45) is -0.458. The Labute approximate surface area is 292 Å². The van der Waals surface area contributed by atoms with E-state index in [0.717, 1.165) is 0 Å². The SMILES string of the molecule is O=C=CC(=C=O)N[C@@H](CCC(=O)[O-])C(=O)[O-].O=C=CC(=C=O)N[C@@H](CCC(=O)[O-])C(=O)[O-].[Na+].[Na+].[Na+].[Na+]. The van der Waals surface area contributed by atoms with Gasteiger partial charge in [-0.2, -0.15) is 0 Å².